The van der Waals surface area contributed by atoms with Gasteiger partial charge in [-0.1, -0.05) is 0 Å². The third kappa shape index (κ3) is 1.26. The average Bonchev–Trinajstić information content (AvgIpc) is 2.48. The molecule has 0 aliphatic heterocycles. The van der Waals surface area contributed by atoms with E-state index in [4.69, 9.17) is 5.73 Å². The normalized spacial score (nSPS) is 12.2. The van der Waals surface area contributed by atoms with Crippen LogP contribution in [0.2, 0.25) is 0 Å². The molecule has 0 aliphatic carbocycles. The van der Waals surface area contributed by atoms with Crippen LogP contribution in [0.15, 0.2) is 24.4 Å². The molecule has 3 heteroatoms. The van der Waals surface area contributed by atoms with E-state index >= 15 is 0 Å². The van der Waals surface area contributed by atoms with Crippen LogP contribution in [-0.4, -0.2) is 10.1 Å². The van der Waals surface area contributed by atoms with Gasteiger partial charge in [0.1, 0.15) is 5.75 Å². The van der Waals surface area contributed by atoms with Crippen molar-refractivity contribution in [3.05, 3.63) is 30.0 Å². The maximum atomic E-state index is 9.77. The molecule has 2 rings (SSSR count). The molecule has 0 saturated carbocycles. The van der Waals surface area contributed by atoms with E-state index in [-0.39, 0.29) is 5.75 Å². The molecule has 2 aromatic rings. The Morgan fingerprint density at radius 2 is 2.00 bits per heavy atom. The molecular weight excluding hydrogens is 176 g/mol. The minimum atomic E-state index is -0.536. The predicted molar refractivity (Wildman–Crippen MR) is 57.2 cm³/mol. The number of nitrogens with two attached hydrogens (primary N) is 1. The molecule has 0 radical (unpaired) electrons. The molecule has 0 atom stereocenters. The minimum absolute atomic E-state index is 0.254. The largest absolute Gasteiger partial charge is 0.508 e. The molecular formula is C11H14N2O. The van der Waals surface area contributed by atoms with Crippen LogP contribution < -0.4 is 5.73 Å². The first-order valence-corrected chi connectivity index (χ1v) is 4.58. The van der Waals surface area contributed by atoms with Gasteiger partial charge in [-0.15, -0.1) is 0 Å². The summed E-state index contributed by atoms with van der Waals surface area (Å²) in [5, 5.41) is 10.8. The van der Waals surface area contributed by atoms with Crippen molar-refractivity contribution in [1.82, 2.24) is 4.98 Å². The molecule has 4 N–H and O–H groups in total. The van der Waals surface area contributed by atoms with Gasteiger partial charge in [-0.25, -0.2) is 0 Å². The lowest BCUT2D eigenvalue weighted by Gasteiger charge is -2.21. The van der Waals surface area contributed by atoms with E-state index in [0.29, 0.717) is 0 Å². The second kappa shape index (κ2) is 2.75. The van der Waals surface area contributed by atoms with Crippen LogP contribution in [-0.2, 0) is 5.54 Å². The number of aromatic nitrogens is 1. The van der Waals surface area contributed by atoms with Crippen molar-refractivity contribution in [2.24, 2.45) is 5.73 Å². The number of nitrogens with one attached hydrogen (secondary N) is 1. The first-order chi connectivity index (χ1) is 6.50. The molecule has 0 unspecified atom stereocenters. The van der Waals surface area contributed by atoms with Gasteiger partial charge in [-0.05, 0) is 32.0 Å². The lowest BCUT2D eigenvalue weighted by molar-refractivity contribution is 0.443. The average molecular weight is 190 g/mol. The Bertz CT molecular complexity index is 466. The summed E-state index contributed by atoms with van der Waals surface area (Å²) in [5.41, 5.74) is 7.26. The zero-order valence-electron chi connectivity index (χ0n) is 8.33. The highest BCUT2D eigenvalue weighted by atomic mass is 16.3. The molecule has 0 saturated heterocycles. The topological polar surface area (TPSA) is 62.0 Å². The van der Waals surface area contributed by atoms with Crippen molar-refractivity contribution >= 4 is 10.9 Å². The van der Waals surface area contributed by atoms with Crippen molar-refractivity contribution in [2.45, 2.75) is 19.4 Å². The molecule has 0 fully saturated rings. The Balaban J connectivity index is 2.83. The highest BCUT2D eigenvalue weighted by Gasteiger charge is 2.21. The molecule has 0 spiro atoms. The van der Waals surface area contributed by atoms with Crippen molar-refractivity contribution in [1.29, 1.82) is 0 Å². The van der Waals surface area contributed by atoms with Gasteiger partial charge >= 0.3 is 0 Å². The van der Waals surface area contributed by atoms with Gasteiger partial charge in [0.25, 0.3) is 0 Å². The van der Waals surface area contributed by atoms with Crippen LogP contribution in [0.4, 0.5) is 0 Å². The second-order valence-electron chi connectivity index (χ2n) is 4.12. The van der Waals surface area contributed by atoms with Crippen molar-refractivity contribution in [3.63, 3.8) is 0 Å². The molecule has 1 aromatic carbocycles. The van der Waals surface area contributed by atoms with Crippen molar-refractivity contribution in [3.8, 4) is 5.75 Å². The lowest BCUT2D eigenvalue weighted by atomic mass is 9.91. The fraction of sp³-hybridized carbons (Fsp3) is 0.273. The van der Waals surface area contributed by atoms with Crippen molar-refractivity contribution in [2.75, 3.05) is 0 Å². The number of phenolic OH excluding ortho intramolecular Hbond substituents is 1. The molecule has 14 heavy (non-hydrogen) atoms. The van der Waals surface area contributed by atoms with E-state index in [0.717, 1.165) is 16.5 Å². The lowest BCUT2D eigenvalue weighted by Crippen LogP contribution is -2.28. The smallest absolute Gasteiger partial charge is 0.121 e. The monoisotopic (exact) mass is 190 g/mol. The van der Waals surface area contributed by atoms with E-state index < -0.39 is 5.54 Å². The molecule has 0 amide bonds. The van der Waals surface area contributed by atoms with Crippen LogP contribution in [0.5, 0.6) is 5.75 Å². The SMILES string of the molecule is CC(C)(N)c1c(O)ccc2[nH]ccc12. The van der Waals surface area contributed by atoms with Gasteiger partial charge in [-0.2, -0.15) is 0 Å². The number of benzene rings is 1. The molecule has 0 aliphatic rings. The van der Waals surface area contributed by atoms with Crippen LogP contribution in [0.3, 0.4) is 0 Å². The zero-order valence-corrected chi connectivity index (χ0v) is 8.33. The summed E-state index contributed by atoms with van der Waals surface area (Å²) < 4.78 is 0. The summed E-state index contributed by atoms with van der Waals surface area (Å²) >= 11 is 0. The summed E-state index contributed by atoms with van der Waals surface area (Å²) in [6.45, 7) is 3.77. The number of phenols is 1. The fourth-order valence-corrected chi connectivity index (χ4v) is 1.80. The third-order valence-electron chi connectivity index (χ3n) is 2.36. The standard InChI is InChI=1S/C11H14N2O/c1-11(2,12)10-7-5-6-13-8(7)3-4-9(10)14/h3-6,13-14H,12H2,1-2H3. The quantitative estimate of drug-likeness (QED) is 0.644. The second-order valence-corrected chi connectivity index (χ2v) is 4.12. The summed E-state index contributed by atoms with van der Waals surface area (Å²) in [6.07, 6.45) is 1.85. The zero-order chi connectivity index (χ0) is 10.3. The summed E-state index contributed by atoms with van der Waals surface area (Å²) in [6, 6.07) is 5.45. The molecule has 74 valence electrons. The number of hydrogen-bond donors (Lipinski definition) is 3. The van der Waals surface area contributed by atoms with E-state index in [9.17, 15) is 5.11 Å². The first kappa shape index (κ1) is 9.09. The van der Waals surface area contributed by atoms with Crippen LogP contribution >= 0.6 is 0 Å². The molecule has 1 aromatic heterocycles. The molecule has 3 nitrogen and oxygen atoms in total. The highest BCUT2D eigenvalue weighted by Crippen LogP contribution is 2.33. The molecule has 0 bridgehead atoms. The van der Waals surface area contributed by atoms with Gasteiger partial charge in [0.05, 0.1) is 0 Å². The summed E-state index contributed by atoms with van der Waals surface area (Å²) in [7, 11) is 0. The van der Waals surface area contributed by atoms with E-state index in [1.165, 1.54) is 0 Å². The van der Waals surface area contributed by atoms with Crippen LogP contribution in [0, 0.1) is 0 Å². The number of fused-ring (bicyclic) bond motifs is 1. The number of hydrogen-bond acceptors (Lipinski definition) is 2. The highest BCUT2D eigenvalue weighted by molar-refractivity contribution is 5.86. The van der Waals surface area contributed by atoms with Crippen LogP contribution in [0.25, 0.3) is 10.9 Å². The fourth-order valence-electron chi connectivity index (χ4n) is 1.80. The maximum Gasteiger partial charge on any atom is 0.121 e. The Hall–Kier alpha value is -1.48. The minimum Gasteiger partial charge on any atom is -0.508 e. The van der Waals surface area contributed by atoms with Gasteiger partial charge in [-0.3, -0.25) is 0 Å². The van der Waals surface area contributed by atoms with Crippen LogP contribution in [0.1, 0.15) is 19.4 Å². The van der Waals surface area contributed by atoms with Gasteiger partial charge in [0.2, 0.25) is 0 Å². The van der Waals surface area contributed by atoms with Gasteiger partial charge in [0.15, 0.2) is 0 Å². The van der Waals surface area contributed by atoms with Gasteiger partial charge in [0, 0.05) is 28.2 Å². The molecule has 1 heterocycles. The Kier molecular flexibility index (Phi) is 1.79. The Morgan fingerprint density at radius 1 is 1.29 bits per heavy atom. The van der Waals surface area contributed by atoms with E-state index in [2.05, 4.69) is 4.98 Å². The predicted octanol–water partition coefficient (Wildman–Crippen LogP) is 2.07. The van der Waals surface area contributed by atoms with Crippen molar-refractivity contribution < 1.29 is 5.11 Å². The number of H-pyrrole nitrogens is 1. The number of aromatic hydroxyl groups is 1. The Morgan fingerprint density at radius 3 is 2.64 bits per heavy atom. The van der Waals surface area contributed by atoms with E-state index in [1.807, 2.05) is 32.2 Å². The van der Waals surface area contributed by atoms with E-state index in [1.54, 1.807) is 6.07 Å². The first-order valence-electron chi connectivity index (χ1n) is 4.58. The summed E-state index contributed by atoms with van der Waals surface area (Å²) in [5.74, 6) is 0.254. The van der Waals surface area contributed by atoms with Gasteiger partial charge < -0.3 is 15.8 Å². The summed E-state index contributed by atoms with van der Waals surface area (Å²) in [4.78, 5) is 3.09. The number of aromatic amines is 1. The Labute approximate surface area is 82.6 Å². The number of rotatable bonds is 1. The maximum absolute atomic E-state index is 9.77. The third-order valence-corrected chi connectivity index (χ3v) is 2.36.